The lowest BCUT2D eigenvalue weighted by atomic mass is 9.49. The summed E-state index contributed by atoms with van der Waals surface area (Å²) in [7, 11) is 0. The summed E-state index contributed by atoms with van der Waals surface area (Å²) < 4.78 is 0. The van der Waals surface area contributed by atoms with E-state index >= 15 is 0 Å². The van der Waals surface area contributed by atoms with E-state index in [2.05, 4.69) is 20.8 Å². The van der Waals surface area contributed by atoms with E-state index in [0.29, 0.717) is 19.3 Å². The SMILES string of the molecule is CC12CC(C(=O)O)C3(O)CC(C)(C1)CC(C)(C2)C3. The van der Waals surface area contributed by atoms with Crippen molar-refractivity contribution in [1.29, 1.82) is 0 Å². The second-order valence-electron chi connectivity index (χ2n) is 8.51. The highest BCUT2D eigenvalue weighted by atomic mass is 16.4. The van der Waals surface area contributed by atoms with Gasteiger partial charge in [0.2, 0.25) is 0 Å². The molecule has 0 radical (unpaired) electrons. The standard InChI is InChI=1S/C15H24O3/c1-12-4-10(11(16)17)15(18)8-13(2,5-12)7-14(3,6-12)9-15/h10,18H,4-9H2,1-3H3,(H,16,17). The van der Waals surface area contributed by atoms with Crippen LogP contribution in [0.1, 0.15) is 59.3 Å². The van der Waals surface area contributed by atoms with Crippen LogP contribution in [0, 0.1) is 22.2 Å². The molecule has 4 bridgehead atoms. The molecule has 0 amide bonds. The number of aliphatic hydroxyl groups is 1. The molecule has 4 aliphatic rings. The molecule has 3 unspecified atom stereocenters. The number of rotatable bonds is 1. The van der Waals surface area contributed by atoms with E-state index in [-0.39, 0.29) is 16.2 Å². The molecular weight excluding hydrogens is 228 g/mol. The minimum atomic E-state index is -0.984. The molecule has 18 heavy (non-hydrogen) atoms. The third-order valence-corrected chi connectivity index (χ3v) is 5.67. The molecule has 3 atom stereocenters. The van der Waals surface area contributed by atoms with E-state index in [1.165, 1.54) is 0 Å². The largest absolute Gasteiger partial charge is 0.481 e. The van der Waals surface area contributed by atoms with Gasteiger partial charge in [-0.25, -0.2) is 0 Å². The number of carboxylic acids is 1. The Bertz CT molecular complexity index is 396. The van der Waals surface area contributed by atoms with Crippen LogP contribution in [0.15, 0.2) is 0 Å². The Kier molecular flexibility index (Phi) is 2.16. The zero-order chi connectivity index (χ0) is 13.4. The number of fused-ring (bicyclic) bond motifs is 1. The second kappa shape index (κ2) is 3.12. The van der Waals surface area contributed by atoms with Crippen molar-refractivity contribution in [2.24, 2.45) is 22.2 Å². The average molecular weight is 252 g/mol. The van der Waals surface area contributed by atoms with Crippen LogP contribution in [-0.2, 0) is 4.79 Å². The first-order valence-corrected chi connectivity index (χ1v) is 7.03. The molecule has 102 valence electrons. The Labute approximate surface area is 109 Å². The summed E-state index contributed by atoms with van der Waals surface area (Å²) in [6.07, 6.45) is 5.27. The van der Waals surface area contributed by atoms with E-state index in [9.17, 15) is 15.0 Å². The minimum Gasteiger partial charge on any atom is -0.481 e. The predicted molar refractivity (Wildman–Crippen MR) is 68.1 cm³/mol. The lowest BCUT2D eigenvalue weighted by molar-refractivity contribution is -0.165. The van der Waals surface area contributed by atoms with Gasteiger partial charge in [-0.05, 0) is 54.8 Å². The van der Waals surface area contributed by atoms with Crippen molar-refractivity contribution >= 4 is 5.97 Å². The normalized spacial score (nSPS) is 58.6. The van der Waals surface area contributed by atoms with Crippen LogP contribution in [0.25, 0.3) is 0 Å². The predicted octanol–water partition coefficient (Wildman–Crippen LogP) is 2.82. The average Bonchev–Trinajstić information content (AvgIpc) is 2.16. The van der Waals surface area contributed by atoms with Crippen molar-refractivity contribution in [3.63, 3.8) is 0 Å². The summed E-state index contributed by atoms with van der Waals surface area (Å²) in [5, 5.41) is 20.5. The molecule has 4 rings (SSSR count). The fraction of sp³-hybridized carbons (Fsp3) is 0.933. The number of aliphatic carboxylic acids is 1. The zero-order valence-electron chi connectivity index (χ0n) is 11.6. The Morgan fingerprint density at radius 3 is 1.83 bits per heavy atom. The molecule has 0 aliphatic heterocycles. The van der Waals surface area contributed by atoms with Gasteiger partial charge in [0.05, 0.1) is 11.5 Å². The molecule has 3 heteroatoms. The van der Waals surface area contributed by atoms with Crippen LogP contribution in [-0.4, -0.2) is 21.8 Å². The van der Waals surface area contributed by atoms with Crippen molar-refractivity contribution < 1.29 is 15.0 Å². The van der Waals surface area contributed by atoms with E-state index in [4.69, 9.17) is 0 Å². The highest BCUT2D eigenvalue weighted by Crippen LogP contribution is 2.69. The van der Waals surface area contributed by atoms with Gasteiger partial charge < -0.3 is 10.2 Å². The summed E-state index contributed by atoms with van der Waals surface area (Å²) in [5.41, 5.74) is -0.647. The fourth-order valence-electron chi connectivity index (χ4n) is 6.46. The van der Waals surface area contributed by atoms with E-state index in [0.717, 1.165) is 19.3 Å². The van der Waals surface area contributed by atoms with Gasteiger partial charge in [0.1, 0.15) is 0 Å². The van der Waals surface area contributed by atoms with E-state index in [1.54, 1.807) is 0 Å². The highest BCUT2D eigenvalue weighted by molar-refractivity contribution is 5.72. The van der Waals surface area contributed by atoms with E-state index < -0.39 is 17.5 Å². The molecule has 0 saturated heterocycles. The van der Waals surface area contributed by atoms with Crippen molar-refractivity contribution in [1.82, 2.24) is 0 Å². The maximum Gasteiger partial charge on any atom is 0.309 e. The maximum absolute atomic E-state index is 11.6. The number of carboxylic acid groups (broad SMARTS) is 1. The summed E-state index contributed by atoms with van der Waals surface area (Å²) in [6, 6.07) is 0. The molecule has 0 aromatic heterocycles. The minimum absolute atomic E-state index is 0.0891. The molecule has 0 heterocycles. The first-order chi connectivity index (χ1) is 8.07. The summed E-state index contributed by atoms with van der Waals surface area (Å²) in [6.45, 7) is 6.73. The van der Waals surface area contributed by atoms with E-state index in [1.807, 2.05) is 0 Å². The van der Waals surface area contributed by atoms with Gasteiger partial charge in [-0.1, -0.05) is 20.8 Å². The highest BCUT2D eigenvalue weighted by Gasteiger charge is 2.64. The molecule has 3 nitrogen and oxygen atoms in total. The van der Waals surface area contributed by atoms with Crippen LogP contribution >= 0.6 is 0 Å². The fourth-order valence-corrected chi connectivity index (χ4v) is 6.46. The van der Waals surface area contributed by atoms with Gasteiger partial charge in [0.15, 0.2) is 0 Å². The first kappa shape index (κ1) is 12.5. The quantitative estimate of drug-likeness (QED) is 0.754. The van der Waals surface area contributed by atoms with Gasteiger partial charge in [0, 0.05) is 0 Å². The maximum atomic E-state index is 11.6. The van der Waals surface area contributed by atoms with Crippen molar-refractivity contribution in [3.05, 3.63) is 0 Å². The van der Waals surface area contributed by atoms with Crippen LogP contribution in [0.4, 0.5) is 0 Å². The van der Waals surface area contributed by atoms with Crippen LogP contribution < -0.4 is 0 Å². The van der Waals surface area contributed by atoms with Crippen LogP contribution in [0.3, 0.4) is 0 Å². The second-order valence-corrected chi connectivity index (χ2v) is 8.51. The molecule has 2 N–H and O–H groups in total. The molecule has 4 fully saturated rings. The van der Waals surface area contributed by atoms with Gasteiger partial charge >= 0.3 is 5.97 Å². The number of carbonyl (C=O) groups is 1. The smallest absolute Gasteiger partial charge is 0.309 e. The Hall–Kier alpha value is -0.570. The van der Waals surface area contributed by atoms with Gasteiger partial charge in [0.25, 0.3) is 0 Å². The van der Waals surface area contributed by atoms with Crippen molar-refractivity contribution in [2.75, 3.05) is 0 Å². The van der Waals surface area contributed by atoms with Gasteiger partial charge in [-0.15, -0.1) is 0 Å². The summed E-state index contributed by atoms with van der Waals surface area (Å²) >= 11 is 0. The summed E-state index contributed by atoms with van der Waals surface area (Å²) in [4.78, 5) is 11.6. The Balaban J connectivity index is 2.13. The zero-order valence-corrected chi connectivity index (χ0v) is 11.6. The molecule has 4 saturated carbocycles. The van der Waals surface area contributed by atoms with Crippen LogP contribution in [0.2, 0.25) is 0 Å². The Morgan fingerprint density at radius 1 is 0.944 bits per heavy atom. The molecule has 0 aromatic carbocycles. The van der Waals surface area contributed by atoms with Gasteiger partial charge in [-0.2, -0.15) is 0 Å². The lowest BCUT2D eigenvalue weighted by Crippen LogP contribution is -2.53. The molecule has 0 aromatic rings. The topological polar surface area (TPSA) is 57.5 Å². The molecular formula is C15H24O3. The first-order valence-electron chi connectivity index (χ1n) is 7.03. The van der Waals surface area contributed by atoms with Crippen molar-refractivity contribution in [3.8, 4) is 0 Å². The summed E-state index contributed by atoms with van der Waals surface area (Å²) in [5.74, 6) is -1.38. The lowest BCUT2D eigenvalue weighted by Gasteiger charge is -2.57. The number of hydrogen-bond donors (Lipinski definition) is 2. The third-order valence-electron chi connectivity index (χ3n) is 5.67. The monoisotopic (exact) mass is 252 g/mol. The molecule has 0 spiro atoms. The third kappa shape index (κ3) is 1.63. The Morgan fingerprint density at radius 2 is 1.39 bits per heavy atom. The van der Waals surface area contributed by atoms with Gasteiger partial charge in [-0.3, -0.25) is 4.79 Å². The molecule has 4 aliphatic carbocycles. The van der Waals surface area contributed by atoms with Crippen molar-refractivity contribution in [2.45, 2.75) is 64.9 Å². The van der Waals surface area contributed by atoms with Crippen LogP contribution in [0.5, 0.6) is 0 Å². The number of hydrogen-bond acceptors (Lipinski definition) is 2.